The predicted molar refractivity (Wildman–Crippen MR) is 77.1 cm³/mol. The molecule has 128 valence electrons. The fraction of sp³-hybridized carbons (Fsp3) is 0.867. The van der Waals surface area contributed by atoms with Gasteiger partial charge in [0.1, 0.15) is 6.10 Å². The van der Waals surface area contributed by atoms with Crippen LogP contribution in [0.2, 0.25) is 0 Å². The lowest BCUT2D eigenvalue weighted by Crippen LogP contribution is -2.54. The molecule has 7 heteroatoms. The molecule has 0 bridgehead atoms. The fourth-order valence-electron chi connectivity index (χ4n) is 2.22. The van der Waals surface area contributed by atoms with Crippen LogP contribution >= 0.6 is 0 Å². The zero-order valence-electron chi connectivity index (χ0n) is 13.7. The van der Waals surface area contributed by atoms with E-state index in [1.54, 1.807) is 0 Å². The van der Waals surface area contributed by atoms with E-state index in [0.717, 1.165) is 6.42 Å². The highest BCUT2D eigenvalue weighted by atomic mass is 16.7. The van der Waals surface area contributed by atoms with Crippen molar-refractivity contribution in [3.8, 4) is 0 Å². The summed E-state index contributed by atoms with van der Waals surface area (Å²) >= 11 is 0. The number of hydrogen-bond donors (Lipinski definition) is 0. The average Bonchev–Trinajstić information content (AvgIpc) is 2.44. The quantitative estimate of drug-likeness (QED) is 0.492. The first-order chi connectivity index (χ1) is 10.5. The van der Waals surface area contributed by atoms with Crippen LogP contribution in [0, 0.1) is 5.92 Å². The first-order valence-electron chi connectivity index (χ1n) is 7.61. The number of carbonyl (C=O) groups is 2. The van der Waals surface area contributed by atoms with Gasteiger partial charge in [0.25, 0.3) is 0 Å². The third kappa shape index (κ3) is 6.29. The van der Waals surface area contributed by atoms with Gasteiger partial charge in [0, 0.05) is 26.4 Å². The van der Waals surface area contributed by atoms with Crippen LogP contribution in [0.1, 0.15) is 34.1 Å². The molecule has 0 aromatic carbocycles. The standard InChI is InChI=1S/C15H26O7/c1-5-6-18-7-8-19-15-14(22-12(4)17)13(21-11(3)16)10(2)9-20-15/h10,13-15H,5-9H2,1-4H3/t10-,13?,14+,15-/m1/s1. The van der Waals surface area contributed by atoms with Gasteiger partial charge in [-0.15, -0.1) is 0 Å². The normalized spacial score (nSPS) is 28.2. The van der Waals surface area contributed by atoms with Gasteiger partial charge in [0.2, 0.25) is 0 Å². The maximum absolute atomic E-state index is 11.3. The van der Waals surface area contributed by atoms with Crippen LogP contribution in [0.4, 0.5) is 0 Å². The van der Waals surface area contributed by atoms with E-state index in [9.17, 15) is 9.59 Å². The average molecular weight is 318 g/mol. The van der Waals surface area contributed by atoms with Gasteiger partial charge in [-0.05, 0) is 6.42 Å². The minimum Gasteiger partial charge on any atom is -0.458 e. The Kier molecular flexibility index (Phi) is 8.37. The van der Waals surface area contributed by atoms with Crippen molar-refractivity contribution >= 4 is 11.9 Å². The topological polar surface area (TPSA) is 80.3 Å². The monoisotopic (exact) mass is 318 g/mol. The summed E-state index contributed by atoms with van der Waals surface area (Å²) in [5, 5.41) is 0. The molecule has 0 aromatic heterocycles. The molecule has 1 unspecified atom stereocenters. The van der Waals surface area contributed by atoms with E-state index >= 15 is 0 Å². The Morgan fingerprint density at radius 3 is 2.27 bits per heavy atom. The van der Waals surface area contributed by atoms with E-state index in [2.05, 4.69) is 0 Å². The first kappa shape index (κ1) is 18.9. The Balaban J connectivity index is 2.63. The van der Waals surface area contributed by atoms with Crippen LogP contribution in [0.25, 0.3) is 0 Å². The third-order valence-electron chi connectivity index (χ3n) is 3.14. The number of rotatable bonds is 8. The molecule has 22 heavy (non-hydrogen) atoms. The van der Waals surface area contributed by atoms with Gasteiger partial charge < -0.3 is 23.7 Å². The molecule has 0 aromatic rings. The minimum atomic E-state index is -0.781. The van der Waals surface area contributed by atoms with Gasteiger partial charge in [-0.3, -0.25) is 9.59 Å². The summed E-state index contributed by atoms with van der Waals surface area (Å²) in [6, 6.07) is 0. The molecular weight excluding hydrogens is 292 g/mol. The maximum Gasteiger partial charge on any atom is 0.303 e. The van der Waals surface area contributed by atoms with Gasteiger partial charge in [-0.2, -0.15) is 0 Å². The molecular formula is C15H26O7. The highest BCUT2D eigenvalue weighted by molar-refractivity contribution is 5.67. The first-order valence-corrected chi connectivity index (χ1v) is 7.61. The van der Waals surface area contributed by atoms with E-state index < -0.39 is 30.4 Å². The molecule has 1 saturated heterocycles. The number of hydrogen-bond acceptors (Lipinski definition) is 7. The second-order valence-corrected chi connectivity index (χ2v) is 5.31. The summed E-state index contributed by atoms with van der Waals surface area (Å²) in [4.78, 5) is 22.6. The van der Waals surface area contributed by atoms with Gasteiger partial charge in [0.05, 0.1) is 19.8 Å². The van der Waals surface area contributed by atoms with Gasteiger partial charge in [-0.1, -0.05) is 13.8 Å². The summed E-state index contributed by atoms with van der Waals surface area (Å²) in [5.74, 6) is -0.999. The molecule has 0 aliphatic carbocycles. The van der Waals surface area contributed by atoms with Crippen molar-refractivity contribution in [3.05, 3.63) is 0 Å². The summed E-state index contributed by atoms with van der Waals surface area (Å²) in [6.07, 6.45) is -1.20. The van der Waals surface area contributed by atoms with Crippen molar-refractivity contribution in [2.45, 2.75) is 52.6 Å². The zero-order valence-corrected chi connectivity index (χ0v) is 13.7. The lowest BCUT2D eigenvalue weighted by Gasteiger charge is -2.39. The van der Waals surface area contributed by atoms with E-state index in [1.165, 1.54) is 13.8 Å². The van der Waals surface area contributed by atoms with Crippen LogP contribution in [0.15, 0.2) is 0 Å². The predicted octanol–water partition coefficient (Wildman–Crippen LogP) is 1.29. The molecule has 0 N–H and O–H groups in total. The summed E-state index contributed by atoms with van der Waals surface area (Å²) < 4.78 is 27.0. The fourth-order valence-corrected chi connectivity index (χ4v) is 2.22. The van der Waals surface area contributed by atoms with E-state index in [1.807, 2.05) is 13.8 Å². The van der Waals surface area contributed by atoms with E-state index in [-0.39, 0.29) is 5.92 Å². The number of esters is 2. The van der Waals surface area contributed by atoms with Crippen molar-refractivity contribution in [1.29, 1.82) is 0 Å². The second-order valence-electron chi connectivity index (χ2n) is 5.31. The van der Waals surface area contributed by atoms with Crippen LogP contribution in [0.3, 0.4) is 0 Å². The van der Waals surface area contributed by atoms with Crippen LogP contribution in [0.5, 0.6) is 0 Å². The van der Waals surface area contributed by atoms with Crippen molar-refractivity contribution in [3.63, 3.8) is 0 Å². The Labute approximate surface area is 131 Å². The Bertz CT molecular complexity index is 358. The van der Waals surface area contributed by atoms with Crippen molar-refractivity contribution in [2.24, 2.45) is 5.92 Å². The van der Waals surface area contributed by atoms with Crippen LogP contribution in [-0.2, 0) is 33.3 Å². The highest BCUT2D eigenvalue weighted by Gasteiger charge is 2.43. The summed E-state index contributed by atoms with van der Waals surface area (Å²) in [7, 11) is 0. The largest absolute Gasteiger partial charge is 0.458 e. The molecule has 0 saturated carbocycles. The number of carbonyl (C=O) groups excluding carboxylic acids is 2. The molecule has 0 radical (unpaired) electrons. The van der Waals surface area contributed by atoms with Crippen molar-refractivity contribution < 1.29 is 33.3 Å². The Hall–Kier alpha value is -1.18. The third-order valence-corrected chi connectivity index (χ3v) is 3.14. The second kappa shape index (κ2) is 9.76. The molecule has 0 spiro atoms. The Morgan fingerprint density at radius 1 is 1.05 bits per heavy atom. The number of ether oxygens (including phenoxy) is 5. The maximum atomic E-state index is 11.3. The van der Waals surface area contributed by atoms with E-state index in [0.29, 0.717) is 26.4 Å². The van der Waals surface area contributed by atoms with Gasteiger partial charge >= 0.3 is 11.9 Å². The zero-order chi connectivity index (χ0) is 16.5. The van der Waals surface area contributed by atoms with Crippen molar-refractivity contribution in [2.75, 3.05) is 26.4 Å². The molecule has 7 nitrogen and oxygen atoms in total. The molecule has 0 amide bonds. The smallest absolute Gasteiger partial charge is 0.303 e. The van der Waals surface area contributed by atoms with Gasteiger partial charge in [-0.25, -0.2) is 0 Å². The van der Waals surface area contributed by atoms with Crippen molar-refractivity contribution in [1.82, 2.24) is 0 Å². The summed E-state index contributed by atoms with van der Waals surface area (Å²) in [6.45, 7) is 8.26. The molecule has 1 fully saturated rings. The molecule has 1 aliphatic rings. The van der Waals surface area contributed by atoms with Gasteiger partial charge in [0.15, 0.2) is 12.4 Å². The lowest BCUT2D eigenvalue weighted by molar-refractivity contribution is -0.269. The SMILES string of the molecule is CCCOCCO[C@@H]1OC[C@@H](C)C(OC(C)=O)[C@@H]1OC(C)=O. The highest BCUT2D eigenvalue weighted by Crippen LogP contribution is 2.26. The molecule has 1 heterocycles. The Morgan fingerprint density at radius 2 is 1.68 bits per heavy atom. The molecule has 1 aliphatic heterocycles. The van der Waals surface area contributed by atoms with E-state index in [4.69, 9.17) is 23.7 Å². The molecule has 4 atom stereocenters. The van der Waals surface area contributed by atoms with Crippen LogP contribution < -0.4 is 0 Å². The minimum absolute atomic E-state index is 0.0931. The lowest BCUT2D eigenvalue weighted by atomic mass is 9.97. The summed E-state index contributed by atoms with van der Waals surface area (Å²) in [5.41, 5.74) is 0. The van der Waals surface area contributed by atoms with Crippen LogP contribution in [-0.4, -0.2) is 56.9 Å². The molecule has 1 rings (SSSR count).